The average molecular weight is 176 g/mol. The summed E-state index contributed by atoms with van der Waals surface area (Å²) in [5.41, 5.74) is -2.24. The van der Waals surface area contributed by atoms with Gasteiger partial charge in [-0.1, -0.05) is 0 Å². The monoisotopic (exact) mass is 176 g/mol. The van der Waals surface area contributed by atoms with Gasteiger partial charge in [-0.2, -0.15) is 0 Å². The molecule has 0 unspecified atom stereocenters. The van der Waals surface area contributed by atoms with E-state index in [4.69, 9.17) is 12.2 Å². The zero-order valence-electron chi connectivity index (χ0n) is 6.51. The zero-order valence-corrected chi connectivity index (χ0v) is 7.33. The van der Waals surface area contributed by atoms with Crippen LogP contribution in [-0.4, -0.2) is 26.8 Å². The Morgan fingerprint density at radius 3 is 1.91 bits per heavy atom. The number of rotatable bonds is 0. The summed E-state index contributed by atoms with van der Waals surface area (Å²) in [6.45, 7) is 3.13. The van der Waals surface area contributed by atoms with E-state index in [0.29, 0.717) is 0 Å². The van der Waals surface area contributed by atoms with Gasteiger partial charge in [-0.05, 0) is 26.1 Å². The van der Waals surface area contributed by atoms with Gasteiger partial charge in [0, 0.05) is 6.42 Å². The topological polar surface area (TPSA) is 64.5 Å². The van der Waals surface area contributed by atoms with Crippen molar-refractivity contribution in [2.45, 2.75) is 31.7 Å². The molecule has 0 aromatic carbocycles. The van der Waals surface area contributed by atoms with Crippen LogP contribution < -0.4 is 10.6 Å². The third-order valence-corrected chi connectivity index (χ3v) is 1.66. The molecule has 1 aliphatic rings. The molecule has 0 spiro atoms. The Hall–Kier alpha value is -0.390. The summed E-state index contributed by atoms with van der Waals surface area (Å²) in [7, 11) is 0. The van der Waals surface area contributed by atoms with Crippen LogP contribution in [0.5, 0.6) is 0 Å². The fraction of sp³-hybridized carbons (Fsp3) is 0.833. The van der Waals surface area contributed by atoms with Crippen molar-refractivity contribution < 1.29 is 10.2 Å². The number of thiocarbonyl (C=S) groups is 1. The number of nitrogens with one attached hydrogen (secondary N) is 2. The molecule has 4 nitrogen and oxygen atoms in total. The molecular formula is C6H12N2O2S. The van der Waals surface area contributed by atoms with Gasteiger partial charge in [0.15, 0.2) is 5.11 Å². The molecule has 1 heterocycles. The van der Waals surface area contributed by atoms with E-state index in [1.807, 2.05) is 0 Å². The van der Waals surface area contributed by atoms with E-state index in [1.165, 1.54) is 0 Å². The highest BCUT2D eigenvalue weighted by molar-refractivity contribution is 7.80. The minimum Gasteiger partial charge on any atom is -0.371 e. The smallest absolute Gasteiger partial charge is 0.170 e. The Bertz CT molecular complexity index is 173. The highest BCUT2D eigenvalue weighted by Gasteiger charge is 2.38. The molecule has 4 N–H and O–H groups in total. The Balaban J connectivity index is 2.74. The lowest BCUT2D eigenvalue weighted by Crippen LogP contribution is -2.65. The van der Waals surface area contributed by atoms with Crippen LogP contribution in [0.25, 0.3) is 0 Å². The molecule has 1 aliphatic heterocycles. The second-order valence-corrected chi connectivity index (χ2v) is 3.71. The maximum absolute atomic E-state index is 9.48. The van der Waals surface area contributed by atoms with Crippen LogP contribution in [0.15, 0.2) is 0 Å². The van der Waals surface area contributed by atoms with Gasteiger partial charge in [0.2, 0.25) is 0 Å². The predicted molar refractivity (Wildman–Crippen MR) is 44.7 cm³/mol. The van der Waals surface area contributed by atoms with Crippen LogP contribution in [-0.2, 0) is 0 Å². The minimum absolute atomic E-state index is 0.195. The fourth-order valence-electron chi connectivity index (χ4n) is 1.28. The molecule has 0 radical (unpaired) electrons. The van der Waals surface area contributed by atoms with Crippen LogP contribution in [0.3, 0.4) is 0 Å². The van der Waals surface area contributed by atoms with E-state index in [2.05, 4.69) is 10.6 Å². The van der Waals surface area contributed by atoms with Gasteiger partial charge >= 0.3 is 0 Å². The van der Waals surface area contributed by atoms with E-state index >= 15 is 0 Å². The molecule has 0 aromatic heterocycles. The molecular weight excluding hydrogens is 164 g/mol. The second kappa shape index (κ2) is 2.30. The number of hydrogen-bond acceptors (Lipinski definition) is 3. The van der Waals surface area contributed by atoms with Crippen molar-refractivity contribution in [1.29, 1.82) is 0 Å². The average Bonchev–Trinajstić information content (AvgIpc) is 1.49. The first-order valence-corrected chi connectivity index (χ1v) is 3.77. The molecule has 1 saturated heterocycles. The number of hydrogen-bond donors (Lipinski definition) is 4. The molecule has 2 atom stereocenters. The fourth-order valence-corrected chi connectivity index (χ4v) is 1.72. The SMILES string of the molecule is C[C@]1(O)C[C@@](C)(O)NC(=S)N1. The third kappa shape index (κ3) is 2.28. The van der Waals surface area contributed by atoms with E-state index in [0.717, 1.165) is 0 Å². The largest absolute Gasteiger partial charge is 0.371 e. The summed E-state index contributed by atoms with van der Waals surface area (Å²) >= 11 is 4.76. The van der Waals surface area contributed by atoms with E-state index in [-0.39, 0.29) is 11.5 Å². The Kier molecular flexibility index (Phi) is 1.82. The van der Waals surface area contributed by atoms with E-state index in [9.17, 15) is 10.2 Å². The van der Waals surface area contributed by atoms with Crippen molar-refractivity contribution in [3.8, 4) is 0 Å². The van der Waals surface area contributed by atoms with Crippen LogP contribution in [0, 0.1) is 0 Å². The maximum Gasteiger partial charge on any atom is 0.170 e. The predicted octanol–water partition coefficient (Wildman–Crippen LogP) is -0.729. The summed E-state index contributed by atoms with van der Waals surface area (Å²) in [4.78, 5) is 0. The number of aliphatic hydroxyl groups is 2. The maximum atomic E-state index is 9.48. The van der Waals surface area contributed by atoms with Gasteiger partial charge in [-0.25, -0.2) is 0 Å². The van der Waals surface area contributed by atoms with Crippen molar-refractivity contribution in [3.05, 3.63) is 0 Å². The molecule has 5 heteroatoms. The summed E-state index contributed by atoms with van der Waals surface area (Å²) < 4.78 is 0. The normalized spacial score (nSPS) is 44.5. The van der Waals surface area contributed by atoms with Crippen LogP contribution in [0.1, 0.15) is 20.3 Å². The van der Waals surface area contributed by atoms with Crippen molar-refractivity contribution in [2.24, 2.45) is 0 Å². The lowest BCUT2D eigenvalue weighted by molar-refractivity contribution is -0.0765. The third-order valence-electron chi connectivity index (χ3n) is 1.45. The molecule has 11 heavy (non-hydrogen) atoms. The first-order chi connectivity index (χ1) is 4.81. The second-order valence-electron chi connectivity index (χ2n) is 3.30. The summed E-state index contributed by atoms with van der Waals surface area (Å²) in [6.07, 6.45) is 0.195. The Morgan fingerprint density at radius 1 is 1.27 bits per heavy atom. The summed E-state index contributed by atoms with van der Waals surface area (Å²) in [5.74, 6) is 0. The van der Waals surface area contributed by atoms with Gasteiger partial charge in [0.25, 0.3) is 0 Å². The van der Waals surface area contributed by atoms with Gasteiger partial charge in [-0.3, -0.25) is 0 Å². The minimum atomic E-state index is -1.12. The van der Waals surface area contributed by atoms with Gasteiger partial charge in [0.05, 0.1) is 0 Å². The first-order valence-electron chi connectivity index (χ1n) is 3.36. The van der Waals surface area contributed by atoms with Crippen LogP contribution >= 0.6 is 12.2 Å². The summed E-state index contributed by atoms with van der Waals surface area (Å²) in [5, 5.41) is 24.5. The zero-order chi connectivity index (χ0) is 8.70. The van der Waals surface area contributed by atoms with Crippen LogP contribution in [0.4, 0.5) is 0 Å². The standard InChI is InChI=1S/C6H12N2O2S/c1-5(9)3-6(2,10)8-4(11)7-5/h9-10H,3H2,1-2H3,(H2,7,8,11)/t5-,6+. The molecule has 1 rings (SSSR count). The van der Waals surface area contributed by atoms with Crippen molar-refractivity contribution in [2.75, 3.05) is 0 Å². The highest BCUT2D eigenvalue weighted by Crippen LogP contribution is 2.19. The van der Waals surface area contributed by atoms with E-state index < -0.39 is 11.4 Å². The molecule has 0 amide bonds. The summed E-state index contributed by atoms with van der Waals surface area (Å²) in [6, 6.07) is 0. The Labute approximate surface area is 70.6 Å². The van der Waals surface area contributed by atoms with Crippen molar-refractivity contribution in [3.63, 3.8) is 0 Å². The highest BCUT2D eigenvalue weighted by atomic mass is 32.1. The molecule has 0 bridgehead atoms. The lowest BCUT2D eigenvalue weighted by atomic mass is 10.0. The molecule has 1 fully saturated rings. The molecule has 0 aromatic rings. The molecule has 0 aliphatic carbocycles. The van der Waals surface area contributed by atoms with Gasteiger partial charge in [0.1, 0.15) is 11.4 Å². The first kappa shape index (κ1) is 8.70. The van der Waals surface area contributed by atoms with E-state index in [1.54, 1.807) is 13.8 Å². The Morgan fingerprint density at radius 2 is 1.64 bits per heavy atom. The quantitative estimate of drug-likeness (QED) is 0.367. The van der Waals surface area contributed by atoms with Crippen LogP contribution in [0.2, 0.25) is 0 Å². The van der Waals surface area contributed by atoms with Gasteiger partial charge in [-0.15, -0.1) is 0 Å². The van der Waals surface area contributed by atoms with Crippen molar-refractivity contribution >= 4 is 17.3 Å². The molecule has 0 saturated carbocycles. The van der Waals surface area contributed by atoms with Crippen molar-refractivity contribution in [1.82, 2.24) is 10.6 Å². The van der Waals surface area contributed by atoms with Gasteiger partial charge < -0.3 is 20.8 Å². The molecule has 64 valence electrons. The lowest BCUT2D eigenvalue weighted by Gasteiger charge is -2.40.